The summed E-state index contributed by atoms with van der Waals surface area (Å²) in [5.74, 6) is 3.29. The molecule has 1 fully saturated rings. The van der Waals surface area contributed by atoms with Gasteiger partial charge in [-0.05, 0) is 56.9 Å². The number of rotatable bonds is 4. The van der Waals surface area contributed by atoms with Crippen LogP contribution < -0.4 is 10.2 Å². The van der Waals surface area contributed by atoms with Crippen molar-refractivity contribution in [3.8, 4) is 0 Å². The third kappa shape index (κ3) is 3.91. The highest BCUT2D eigenvalue weighted by Crippen LogP contribution is 2.24. The molecule has 126 valence electrons. The molecular weight excluding hydrogens is 300 g/mol. The molecule has 1 aliphatic rings. The molecular formula is C19H24N4O. The van der Waals surface area contributed by atoms with E-state index in [9.17, 15) is 4.79 Å². The first-order valence-corrected chi connectivity index (χ1v) is 8.50. The van der Waals surface area contributed by atoms with E-state index in [0.717, 1.165) is 36.2 Å². The molecule has 0 radical (unpaired) electrons. The quantitative estimate of drug-likeness (QED) is 0.863. The Morgan fingerprint density at radius 1 is 1.25 bits per heavy atom. The van der Waals surface area contributed by atoms with Crippen LogP contribution in [0.2, 0.25) is 0 Å². The molecule has 3 rings (SSSR count). The zero-order chi connectivity index (χ0) is 17.1. The zero-order valence-electron chi connectivity index (χ0n) is 14.5. The summed E-state index contributed by atoms with van der Waals surface area (Å²) in [7, 11) is 0. The SMILES string of the molecule is CC(=O)c1ccc(Nc2cc(N3CCCC(C)C3)nc(C)n2)cc1. The Morgan fingerprint density at radius 2 is 2.00 bits per heavy atom. The molecule has 0 amide bonds. The Balaban J connectivity index is 1.79. The number of piperidine rings is 1. The number of aromatic nitrogens is 2. The Morgan fingerprint density at radius 3 is 2.67 bits per heavy atom. The summed E-state index contributed by atoms with van der Waals surface area (Å²) in [6.45, 7) is 7.87. The summed E-state index contributed by atoms with van der Waals surface area (Å²) in [5.41, 5.74) is 1.62. The highest BCUT2D eigenvalue weighted by Gasteiger charge is 2.18. The number of ketones is 1. The van der Waals surface area contributed by atoms with Gasteiger partial charge < -0.3 is 10.2 Å². The molecule has 1 aliphatic heterocycles. The van der Waals surface area contributed by atoms with Crippen LogP contribution >= 0.6 is 0 Å². The first-order valence-electron chi connectivity index (χ1n) is 8.50. The zero-order valence-corrected chi connectivity index (χ0v) is 14.5. The third-order valence-electron chi connectivity index (χ3n) is 4.37. The van der Waals surface area contributed by atoms with Crippen molar-refractivity contribution in [2.45, 2.75) is 33.6 Å². The number of aryl methyl sites for hydroxylation is 1. The minimum Gasteiger partial charge on any atom is -0.356 e. The van der Waals surface area contributed by atoms with Crippen LogP contribution in [0.5, 0.6) is 0 Å². The molecule has 1 unspecified atom stereocenters. The number of benzene rings is 1. The summed E-state index contributed by atoms with van der Waals surface area (Å²) in [5, 5.41) is 3.31. The highest BCUT2D eigenvalue weighted by atomic mass is 16.1. The van der Waals surface area contributed by atoms with Gasteiger partial charge in [0.2, 0.25) is 0 Å². The molecule has 2 aromatic rings. The largest absolute Gasteiger partial charge is 0.356 e. The van der Waals surface area contributed by atoms with Crippen molar-refractivity contribution >= 4 is 23.1 Å². The van der Waals surface area contributed by atoms with Crippen LogP contribution in [-0.4, -0.2) is 28.8 Å². The normalized spacial score (nSPS) is 17.6. The van der Waals surface area contributed by atoms with Crippen LogP contribution in [0.4, 0.5) is 17.3 Å². The van der Waals surface area contributed by atoms with Crippen molar-refractivity contribution in [2.24, 2.45) is 5.92 Å². The molecule has 2 heterocycles. The van der Waals surface area contributed by atoms with E-state index in [1.807, 2.05) is 37.3 Å². The fraction of sp³-hybridized carbons (Fsp3) is 0.421. The van der Waals surface area contributed by atoms with E-state index in [4.69, 9.17) is 0 Å². The van der Waals surface area contributed by atoms with E-state index in [0.29, 0.717) is 11.5 Å². The summed E-state index contributed by atoms with van der Waals surface area (Å²) < 4.78 is 0. The standard InChI is InChI=1S/C19H24N4O/c1-13-5-4-10-23(12-13)19-11-18(20-15(3)21-19)22-17-8-6-16(7-9-17)14(2)24/h6-9,11,13H,4-5,10,12H2,1-3H3,(H,20,21,22). The van der Waals surface area contributed by atoms with Gasteiger partial charge in [-0.3, -0.25) is 4.79 Å². The minimum atomic E-state index is 0.0703. The second-order valence-corrected chi connectivity index (χ2v) is 6.61. The van der Waals surface area contributed by atoms with Crippen LogP contribution in [0.15, 0.2) is 30.3 Å². The van der Waals surface area contributed by atoms with Crippen molar-refractivity contribution in [3.63, 3.8) is 0 Å². The summed E-state index contributed by atoms with van der Waals surface area (Å²) in [6.07, 6.45) is 2.49. The molecule has 1 aromatic heterocycles. The van der Waals surface area contributed by atoms with Gasteiger partial charge >= 0.3 is 0 Å². The number of nitrogens with zero attached hydrogens (tertiary/aromatic N) is 3. The number of carbonyl (C=O) groups is 1. The van der Waals surface area contributed by atoms with E-state index in [1.165, 1.54) is 12.8 Å². The predicted molar refractivity (Wildman–Crippen MR) is 97.1 cm³/mol. The van der Waals surface area contributed by atoms with Crippen LogP contribution in [0.3, 0.4) is 0 Å². The topological polar surface area (TPSA) is 58.1 Å². The molecule has 1 atom stereocenters. The molecule has 1 aromatic carbocycles. The lowest BCUT2D eigenvalue weighted by Gasteiger charge is -2.32. The van der Waals surface area contributed by atoms with Gasteiger partial charge in [0, 0.05) is 30.4 Å². The van der Waals surface area contributed by atoms with Crippen LogP contribution in [-0.2, 0) is 0 Å². The molecule has 0 spiro atoms. The molecule has 0 saturated carbocycles. The Hall–Kier alpha value is -2.43. The maximum atomic E-state index is 11.4. The monoisotopic (exact) mass is 324 g/mol. The fourth-order valence-corrected chi connectivity index (χ4v) is 3.11. The van der Waals surface area contributed by atoms with Crippen molar-refractivity contribution in [1.29, 1.82) is 0 Å². The lowest BCUT2D eigenvalue weighted by Crippen LogP contribution is -2.35. The lowest BCUT2D eigenvalue weighted by atomic mass is 10.0. The molecule has 1 N–H and O–H groups in total. The van der Waals surface area contributed by atoms with Crippen molar-refractivity contribution in [2.75, 3.05) is 23.3 Å². The average molecular weight is 324 g/mol. The number of anilines is 3. The average Bonchev–Trinajstić information content (AvgIpc) is 2.55. The summed E-state index contributed by atoms with van der Waals surface area (Å²) in [4.78, 5) is 22.8. The van der Waals surface area contributed by atoms with E-state index in [1.54, 1.807) is 6.92 Å². The maximum absolute atomic E-state index is 11.4. The summed E-state index contributed by atoms with van der Waals surface area (Å²) in [6, 6.07) is 9.45. The van der Waals surface area contributed by atoms with Crippen LogP contribution in [0.1, 0.15) is 42.9 Å². The summed E-state index contributed by atoms with van der Waals surface area (Å²) >= 11 is 0. The number of nitrogens with one attached hydrogen (secondary N) is 1. The Labute approximate surface area is 143 Å². The molecule has 0 aliphatic carbocycles. The van der Waals surface area contributed by atoms with Gasteiger partial charge in [-0.15, -0.1) is 0 Å². The van der Waals surface area contributed by atoms with Crippen molar-refractivity contribution in [1.82, 2.24) is 9.97 Å². The Kier molecular flexibility index (Phi) is 4.79. The van der Waals surface area contributed by atoms with Gasteiger partial charge in [0.05, 0.1) is 0 Å². The second-order valence-electron chi connectivity index (χ2n) is 6.61. The maximum Gasteiger partial charge on any atom is 0.159 e. The van der Waals surface area contributed by atoms with Gasteiger partial charge in [0.15, 0.2) is 5.78 Å². The smallest absolute Gasteiger partial charge is 0.159 e. The second kappa shape index (κ2) is 6.99. The lowest BCUT2D eigenvalue weighted by molar-refractivity contribution is 0.101. The minimum absolute atomic E-state index is 0.0703. The molecule has 24 heavy (non-hydrogen) atoms. The molecule has 5 heteroatoms. The molecule has 5 nitrogen and oxygen atoms in total. The number of Topliss-reactive ketones (excluding diaryl/α,β-unsaturated/α-hetero) is 1. The van der Waals surface area contributed by atoms with Gasteiger partial charge in [0.25, 0.3) is 0 Å². The third-order valence-corrected chi connectivity index (χ3v) is 4.37. The van der Waals surface area contributed by atoms with E-state index < -0.39 is 0 Å². The van der Waals surface area contributed by atoms with Crippen LogP contribution in [0.25, 0.3) is 0 Å². The fourth-order valence-electron chi connectivity index (χ4n) is 3.11. The molecule has 1 saturated heterocycles. The van der Waals surface area contributed by atoms with Gasteiger partial charge in [-0.25, -0.2) is 9.97 Å². The van der Waals surface area contributed by atoms with Gasteiger partial charge in [0.1, 0.15) is 17.5 Å². The number of carbonyl (C=O) groups excluding carboxylic acids is 1. The number of hydrogen-bond acceptors (Lipinski definition) is 5. The van der Waals surface area contributed by atoms with Crippen LogP contribution in [0, 0.1) is 12.8 Å². The first kappa shape index (κ1) is 16.4. The van der Waals surface area contributed by atoms with E-state index in [2.05, 4.69) is 27.1 Å². The van der Waals surface area contributed by atoms with Crippen molar-refractivity contribution < 1.29 is 4.79 Å². The molecule has 0 bridgehead atoms. The van der Waals surface area contributed by atoms with E-state index in [-0.39, 0.29) is 5.78 Å². The first-order chi connectivity index (χ1) is 11.5. The van der Waals surface area contributed by atoms with Crippen molar-refractivity contribution in [3.05, 3.63) is 41.7 Å². The number of hydrogen-bond donors (Lipinski definition) is 1. The van der Waals surface area contributed by atoms with E-state index >= 15 is 0 Å². The van der Waals surface area contributed by atoms with Gasteiger partial charge in [-0.2, -0.15) is 0 Å². The van der Waals surface area contributed by atoms with Gasteiger partial charge in [-0.1, -0.05) is 6.92 Å². The predicted octanol–water partition coefficient (Wildman–Crippen LogP) is 3.97. The Bertz CT molecular complexity index is 727. The highest BCUT2D eigenvalue weighted by molar-refractivity contribution is 5.94.